The molecule has 0 bridgehead atoms. The molecule has 0 saturated heterocycles. The van der Waals surface area contributed by atoms with Crippen LogP contribution in [-0.4, -0.2) is 52.1 Å². The van der Waals surface area contributed by atoms with Gasteiger partial charge in [0, 0.05) is 14.1 Å². The average molecular weight is 492 g/mol. The number of amides is 1. The maximum Gasteiger partial charge on any atom is 0.349 e. The van der Waals surface area contributed by atoms with Crippen LogP contribution in [-0.2, 0) is 24.3 Å². The van der Waals surface area contributed by atoms with Crippen LogP contribution in [0.5, 0.6) is 11.5 Å². The quantitative estimate of drug-likeness (QED) is 0.354. The Kier molecular flexibility index (Phi) is 7.23. The van der Waals surface area contributed by atoms with Gasteiger partial charge in [0.1, 0.15) is 11.6 Å². The van der Waals surface area contributed by atoms with Crippen molar-refractivity contribution in [1.29, 1.82) is 5.26 Å². The third-order valence-electron chi connectivity index (χ3n) is 4.37. The second-order valence-corrected chi connectivity index (χ2v) is 9.39. The number of hydrogen-bond donors (Lipinski definition) is 1. The number of sulfonamides is 1. The highest BCUT2D eigenvalue weighted by Crippen LogP contribution is 2.33. The van der Waals surface area contributed by atoms with Gasteiger partial charge in [-0.25, -0.2) is 17.5 Å². The van der Waals surface area contributed by atoms with Gasteiger partial charge in [-0.3, -0.25) is 4.79 Å². The molecule has 1 N–H and O–H groups in total. The lowest BCUT2D eigenvalue weighted by Gasteiger charge is -2.14. The zero-order chi connectivity index (χ0) is 24.2. The smallest absolute Gasteiger partial charge is 0.349 e. The lowest BCUT2D eigenvalue weighted by Crippen LogP contribution is -2.23. The summed E-state index contributed by atoms with van der Waals surface area (Å²) < 4.78 is 40.9. The van der Waals surface area contributed by atoms with Gasteiger partial charge in [0.15, 0.2) is 18.1 Å². The van der Waals surface area contributed by atoms with Crippen molar-refractivity contribution in [2.45, 2.75) is 4.90 Å². The molecule has 0 fully saturated rings. The first kappa shape index (κ1) is 24.1. The summed E-state index contributed by atoms with van der Waals surface area (Å²) in [6.45, 7) is -0.640. The Morgan fingerprint density at radius 3 is 2.64 bits per heavy atom. The van der Waals surface area contributed by atoms with Crippen LogP contribution in [0.3, 0.4) is 0 Å². The largest absolute Gasteiger partial charge is 0.454 e. The minimum absolute atomic E-state index is 0.0250. The molecule has 1 aliphatic rings. The Bertz CT molecular complexity index is 1280. The fraction of sp³-hybridized carbons (Fsp3) is 0.190. The standard InChI is InChI=1S/C21H18ClN3O7S/c1-25(2)33(28,29)15-4-5-16(22)17(9-15)24-20(26)11-30-21(27)14(10-23)7-13-3-6-18-19(8-13)32-12-31-18/h3-9H,11-12H2,1-2H3,(H,24,26)/b14-7+. The minimum Gasteiger partial charge on any atom is -0.454 e. The third-order valence-corrected chi connectivity index (χ3v) is 6.51. The van der Waals surface area contributed by atoms with Crippen molar-refractivity contribution in [2.24, 2.45) is 0 Å². The number of rotatable bonds is 7. The van der Waals surface area contributed by atoms with Crippen LogP contribution >= 0.6 is 11.6 Å². The van der Waals surface area contributed by atoms with Crippen LogP contribution in [0.4, 0.5) is 5.69 Å². The first-order valence-electron chi connectivity index (χ1n) is 9.32. The van der Waals surface area contributed by atoms with Crippen molar-refractivity contribution < 1.29 is 32.2 Å². The highest BCUT2D eigenvalue weighted by molar-refractivity contribution is 7.89. The van der Waals surface area contributed by atoms with Crippen LogP contribution in [0.15, 0.2) is 46.9 Å². The fourth-order valence-electron chi connectivity index (χ4n) is 2.67. The number of carbonyl (C=O) groups is 2. The van der Waals surface area contributed by atoms with Gasteiger partial charge < -0.3 is 19.5 Å². The molecule has 0 atom stereocenters. The fourth-order valence-corrected chi connectivity index (χ4v) is 3.77. The highest BCUT2D eigenvalue weighted by atomic mass is 35.5. The van der Waals surface area contributed by atoms with Gasteiger partial charge >= 0.3 is 5.97 Å². The molecule has 1 aliphatic heterocycles. The zero-order valence-electron chi connectivity index (χ0n) is 17.5. The van der Waals surface area contributed by atoms with E-state index in [9.17, 15) is 23.3 Å². The average Bonchev–Trinajstić information content (AvgIpc) is 3.25. The third kappa shape index (κ3) is 5.61. The summed E-state index contributed by atoms with van der Waals surface area (Å²) in [5.74, 6) is -0.763. The second kappa shape index (κ2) is 9.91. The van der Waals surface area contributed by atoms with Crippen LogP contribution in [0, 0.1) is 11.3 Å². The number of fused-ring (bicyclic) bond motifs is 1. The number of carbonyl (C=O) groups excluding carboxylic acids is 2. The number of anilines is 1. The Labute approximate surface area is 195 Å². The lowest BCUT2D eigenvalue weighted by atomic mass is 10.1. The summed E-state index contributed by atoms with van der Waals surface area (Å²) in [5, 5.41) is 11.8. The van der Waals surface area contributed by atoms with Crippen molar-refractivity contribution in [1.82, 2.24) is 4.31 Å². The van der Waals surface area contributed by atoms with Gasteiger partial charge in [0.25, 0.3) is 5.91 Å². The molecule has 1 heterocycles. The van der Waals surface area contributed by atoms with E-state index in [0.29, 0.717) is 17.1 Å². The van der Waals surface area contributed by atoms with Crippen molar-refractivity contribution in [2.75, 3.05) is 32.8 Å². The number of hydrogen-bond acceptors (Lipinski definition) is 8. The van der Waals surface area contributed by atoms with Gasteiger partial charge in [0.05, 0.1) is 15.6 Å². The normalized spacial score (nSPS) is 12.9. The number of nitrogens with one attached hydrogen (secondary N) is 1. The molecule has 2 aromatic rings. The number of nitrogens with zero attached hydrogens (tertiary/aromatic N) is 2. The minimum atomic E-state index is -3.75. The van der Waals surface area contributed by atoms with Gasteiger partial charge in [0.2, 0.25) is 16.8 Å². The predicted octanol–water partition coefficient (Wildman–Crippen LogP) is 2.41. The monoisotopic (exact) mass is 491 g/mol. The van der Waals surface area contributed by atoms with E-state index in [1.807, 2.05) is 0 Å². The molecule has 12 heteroatoms. The van der Waals surface area contributed by atoms with Crippen LogP contribution in [0.2, 0.25) is 5.02 Å². The van der Waals surface area contributed by atoms with Crippen molar-refractivity contribution in [3.05, 3.63) is 52.6 Å². The molecular weight excluding hydrogens is 474 g/mol. The number of halogens is 1. The summed E-state index contributed by atoms with van der Waals surface area (Å²) in [4.78, 5) is 24.4. The molecular formula is C21H18ClN3O7S. The number of esters is 1. The molecule has 0 unspecified atom stereocenters. The molecule has 0 aliphatic carbocycles. The Morgan fingerprint density at radius 1 is 1.21 bits per heavy atom. The predicted molar refractivity (Wildman–Crippen MR) is 118 cm³/mol. The lowest BCUT2D eigenvalue weighted by molar-refractivity contribution is -0.142. The summed E-state index contributed by atoms with van der Waals surface area (Å²) >= 11 is 6.03. The van der Waals surface area contributed by atoms with Crippen LogP contribution < -0.4 is 14.8 Å². The Morgan fingerprint density at radius 2 is 1.94 bits per heavy atom. The van der Waals surface area contributed by atoms with E-state index in [2.05, 4.69) is 5.32 Å². The SMILES string of the molecule is CN(C)S(=O)(=O)c1ccc(Cl)c(NC(=O)COC(=O)/C(C#N)=C/c2ccc3c(c2)OCO3)c1. The first-order chi connectivity index (χ1) is 15.6. The summed E-state index contributed by atoms with van der Waals surface area (Å²) in [5.41, 5.74) is 0.193. The van der Waals surface area contributed by atoms with Crippen molar-refractivity contribution in [3.8, 4) is 17.6 Å². The van der Waals surface area contributed by atoms with E-state index in [-0.39, 0.29) is 28.0 Å². The molecule has 3 rings (SSSR count). The van der Waals surface area contributed by atoms with Gasteiger partial charge in [-0.05, 0) is 42.0 Å². The Hall–Kier alpha value is -3.59. The highest BCUT2D eigenvalue weighted by Gasteiger charge is 2.20. The summed E-state index contributed by atoms with van der Waals surface area (Å²) in [6.07, 6.45) is 1.29. The maximum atomic E-state index is 12.3. The summed E-state index contributed by atoms with van der Waals surface area (Å²) in [7, 11) is -1.02. The molecule has 2 aromatic carbocycles. The van der Waals surface area contributed by atoms with Crippen LogP contribution in [0.25, 0.3) is 6.08 Å². The zero-order valence-corrected chi connectivity index (χ0v) is 19.1. The molecule has 0 aromatic heterocycles. The van der Waals surface area contributed by atoms with Gasteiger partial charge in [-0.15, -0.1) is 0 Å². The molecule has 0 radical (unpaired) electrons. The molecule has 33 heavy (non-hydrogen) atoms. The van der Waals surface area contributed by atoms with E-state index in [1.54, 1.807) is 24.3 Å². The number of nitriles is 1. The van der Waals surface area contributed by atoms with E-state index in [1.165, 1.54) is 38.4 Å². The van der Waals surface area contributed by atoms with E-state index in [4.69, 9.17) is 25.8 Å². The molecule has 1 amide bonds. The van der Waals surface area contributed by atoms with Crippen molar-refractivity contribution >= 4 is 45.3 Å². The van der Waals surface area contributed by atoms with Crippen LogP contribution in [0.1, 0.15) is 5.56 Å². The molecule has 0 saturated carbocycles. The maximum absolute atomic E-state index is 12.3. The first-order valence-corrected chi connectivity index (χ1v) is 11.1. The number of benzene rings is 2. The van der Waals surface area contributed by atoms with E-state index < -0.39 is 28.5 Å². The molecule has 0 spiro atoms. The van der Waals surface area contributed by atoms with E-state index in [0.717, 1.165) is 4.31 Å². The molecule has 172 valence electrons. The Balaban J connectivity index is 1.66. The van der Waals surface area contributed by atoms with Gasteiger partial charge in [-0.2, -0.15) is 5.26 Å². The second-order valence-electron chi connectivity index (χ2n) is 6.84. The topological polar surface area (TPSA) is 135 Å². The summed E-state index contributed by atoms with van der Waals surface area (Å²) in [6, 6.07) is 10.4. The number of ether oxygens (including phenoxy) is 3. The van der Waals surface area contributed by atoms with Gasteiger partial charge in [-0.1, -0.05) is 17.7 Å². The molecule has 10 nitrogen and oxygen atoms in total. The van der Waals surface area contributed by atoms with E-state index >= 15 is 0 Å². The van der Waals surface area contributed by atoms with Crippen molar-refractivity contribution in [3.63, 3.8) is 0 Å².